The number of hydrogen-bond donors (Lipinski definition) is 1. The lowest BCUT2D eigenvalue weighted by atomic mass is 10.1. The van der Waals surface area contributed by atoms with E-state index in [1.54, 1.807) is 0 Å². The van der Waals surface area contributed by atoms with E-state index in [0.29, 0.717) is 17.9 Å². The molecule has 2 atom stereocenters. The standard InChI is InChI=1S/C8H14FNO2S/c1-8(2,9)7(11)10-6-3-4-13(12)5-6/h6H,3-5H2,1-2H3,(H,10,11). The maximum absolute atomic E-state index is 13.0. The Morgan fingerprint density at radius 3 is 2.62 bits per heavy atom. The molecule has 1 N–H and O–H groups in total. The van der Waals surface area contributed by atoms with Crippen LogP contribution in [0.4, 0.5) is 4.39 Å². The van der Waals surface area contributed by atoms with Crippen LogP contribution in [0, 0.1) is 0 Å². The molecule has 0 aliphatic carbocycles. The molecule has 76 valence electrons. The summed E-state index contributed by atoms with van der Waals surface area (Å²) >= 11 is 0. The quantitative estimate of drug-likeness (QED) is 0.711. The molecule has 0 spiro atoms. The van der Waals surface area contributed by atoms with Crippen molar-refractivity contribution < 1.29 is 13.4 Å². The highest BCUT2D eigenvalue weighted by Crippen LogP contribution is 2.12. The first kappa shape index (κ1) is 10.6. The van der Waals surface area contributed by atoms with E-state index in [1.165, 1.54) is 13.8 Å². The van der Waals surface area contributed by atoms with Crippen molar-refractivity contribution in [1.29, 1.82) is 0 Å². The van der Waals surface area contributed by atoms with Gasteiger partial charge in [-0.05, 0) is 20.3 Å². The number of carbonyl (C=O) groups excluding carboxylic acids is 1. The van der Waals surface area contributed by atoms with Gasteiger partial charge in [0.15, 0.2) is 5.67 Å². The van der Waals surface area contributed by atoms with Gasteiger partial charge >= 0.3 is 0 Å². The largest absolute Gasteiger partial charge is 0.350 e. The summed E-state index contributed by atoms with van der Waals surface area (Å²) in [5.74, 6) is 0.454. The molecule has 1 fully saturated rings. The van der Waals surface area contributed by atoms with Gasteiger partial charge in [-0.3, -0.25) is 9.00 Å². The van der Waals surface area contributed by atoms with Crippen molar-refractivity contribution in [2.45, 2.75) is 32.0 Å². The highest BCUT2D eigenvalue weighted by atomic mass is 32.2. The fraction of sp³-hybridized carbons (Fsp3) is 0.875. The first-order valence-corrected chi connectivity index (χ1v) is 5.73. The van der Waals surface area contributed by atoms with Gasteiger partial charge < -0.3 is 5.32 Å². The zero-order valence-electron chi connectivity index (χ0n) is 7.80. The zero-order chi connectivity index (χ0) is 10.1. The van der Waals surface area contributed by atoms with Gasteiger partial charge in [0.2, 0.25) is 0 Å². The van der Waals surface area contributed by atoms with Gasteiger partial charge in [0.05, 0.1) is 0 Å². The van der Waals surface area contributed by atoms with Crippen molar-refractivity contribution in [2.24, 2.45) is 0 Å². The minimum absolute atomic E-state index is 0.108. The Hall–Kier alpha value is -0.450. The molecular formula is C8H14FNO2S. The third-order valence-corrected chi connectivity index (χ3v) is 3.42. The molecule has 0 aromatic heterocycles. The van der Waals surface area contributed by atoms with Gasteiger partial charge in [-0.15, -0.1) is 0 Å². The smallest absolute Gasteiger partial charge is 0.257 e. The van der Waals surface area contributed by atoms with E-state index >= 15 is 0 Å². The van der Waals surface area contributed by atoms with Crippen molar-refractivity contribution in [3.05, 3.63) is 0 Å². The van der Waals surface area contributed by atoms with Crippen LogP contribution in [0.5, 0.6) is 0 Å². The predicted molar refractivity (Wildman–Crippen MR) is 49.6 cm³/mol. The van der Waals surface area contributed by atoms with Crippen LogP contribution in [0.3, 0.4) is 0 Å². The lowest BCUT2D eigenvalue weighted by molar-refractivity contribution is -0.131. The number of rotatable bonds is 2. The lowest BCUT2D eigenvalue weighted by Gasteiger charge is -2.17. The topological polar surface area (TPSA) is 46.2 Å². The molecule has 13 heavy (non-hydrogen) atoms. The van der Waals surface area contributed by atoms with Crippen molar-refractivity contribution in [3.63, 3.8) is 0 Å². The van der Waals surface area contributed by atoms with E-state index < -0.39 is 22.4 Å². The summed E-state index contributed by atoms with van der Waals surface area (Å²) in [6, 6.07) is -0.108. The molecular weight excluding hydrogens is 193 g/mol. The van der Waals surface area contributed by atoms with Crippen LogP contribution in [0.15, 0.2) is 0 Å². The molecule has 0 bridgehead atoms. The maximum atomic E-state index is 13.0. The minimum Gasteiger partial charge on any atom is -0.350 e. The van der Waals surface area contributed by atoms with Crippen molar-refractivity contribution >= 4 is 16.7 Å². The minimum atomic E-state index is -1.84. The highest BCUT2D eigenvalue weighted by Gasteiger charge is 2.30. The van der Waals surface area contributed by atoms with Crippen LogP contribution in [0.1, 0.15) is 20.3 Å². The molecule has 0 aromatic carbocycles. The summed E-state index contributed by atoms with van der Waals surface area (Å²) < 4.78 is 24.0. The number of amides is 1. The monoisotopic (exact) mass is 207 g/mol. The van der Waals surface area contributed by atoms with Crippen molar-refractivity contribution in [2.75, 3.05) is 11.5 Å². The molecule has 1 rings (SSSR count). The predicted octanol–water partition coefficient (Wildman–Crippen LogP) is 0.372. The Morgan fingerprint density at radius 2 is 2.23 bits per heavy atom. The van der Waals surface area contributed by atoms with E-state index in [4.69, 9.17) is 0 Å². The van der Waals surface area contributed by atoms with E-state index in [-0.39, 0.29) is 6.04 Å². The molecule has 2 unspecified atom stereocenters. The maximum Gasteiger partial charge on any atom is 0.257 e. The zero-order valence-corrected chi connectivity index (χ0v) is 8.62. The van der Waals surface area contributed by atoms with Crippen LogP contribution >= 0.6 is 0 Å². The SMILES string of the molecule is CC(C)(F)C(=O)NC1CCS(=O)C1. The van der Waals surface area contributed by atoms with Gasteiger partial charge in [-0.2, -0.15) is 0 Å². The molecule has 1 amide bonds. The summed E-state index contributed by atoms with van der Waals surface area (Å²) in [6.45, 7) is 2.43. The van der Waals surface area contributed by atoms with E-state index in [9.17, 15) is 13.4 Å². The Kier molecular flexibility index (Phi) is 3.05. The van der Waals surface area contributed by atoms with E-state index in [1.807, 2.05) is 0 Å². The van der Waals surface area contributed by atoms with E-state index in [0.717, 1.165) is 0 Å². The molecule has 1 heterocycles. The third kappa shape index (κ3) is 3.06. The number of nitrogens with one attached hydrogen (secondary N) is 1. The number of alkyl halides is 1. The summed E-state index contributed by atoms with van der Waals surface area (Å²) in [6.07, 6.45) is 0.689. The summed E-state index contributed by atoms with van der Waals surface area (Å²) in [5, 5.41) is 2.54. The first-order chi connectivity index (χ1) is 5.89. The normalized spacial score (nSPS) is 28.8. The van der Waals surface area contributed by atoms with Gasteiger partial charge in [0.25, 0.3) is 5.91 Å². The Bertz CT molecular complexity index is 237. The van der Waals surface area contributed by atoms with E-state index in [2.05, 4.69) is 5.32 Å². The second-order valence-electron chi connectivity index (χ2n) is 3.74. The Labute approximate surface area is 79.5 Å². The van der Waals surface area contributed by atoms with Crippen LogP contribution < -0.4 is 5.32 Å². The number of hydrogen-bond acceptors (Lipinski definition) is 2. The molecule has 1 saturated heterocycles. The fourth-order valence-corrected chi connectivity index (χ4v) is 2.55. The van der Waals surface area contributed by atoms with Gasteiger partial charge in [0, 0.05) is 28.3 Å². The number of halogens is 1. The molecule has 3 nitrogen and oxygen atoms in total. The van der Waals surface area contributed by atoms with Gasteiger partial charge in [-0.1, -0.05) is 0 Å². The second-order valence-corrected chi connectivity index (χ2v) is 5.36. The van der Waals surface area contributed by atoms with Gasteiger partial charge in [-0.25, -0.2) is 4.39 Å². The van der Waals surface area contributed by atoms with Crippen molar-refractivity contribution in [1.82, 2.24) is 5.32 Å². The summed E-state index contributed by atoms with van der Waals surface area (Å²) in [7, 11) is -0.833. The molecule has 0 saturated carbocycles. The second kappa shape index (κ2) is 3.74. The average molecular weight is 207 g/mol. The average Bonchev–Trinajstić information content (AvgIpc) is 2.33. The fourth-order valence-electron chi connectivity index (χ4n) is 1.14. The molecule has 1 aliphatic heterocycles. The lowest BCUT2D eigenvalue weighted by Crippen LogP contribution is -2.44. The molecule has 1 aliphatic rings. The van der Waals surface area contributed by atoms with Gasteiger partial charge in [0.1, 0.15) is 0 Å². The first-order valence-electron chi connectivity index (χ1n) is 4.24. The van der Waals surface area contributed by atoms with Crippen LogP contribution in [0.25, 0.3) is 0 Å². The van der Waals surface area contributed by atoms with Crippen LogP contribution in [0.2, 0.25) is 0 Å². The molecule has 0 aromatic rings. The third-order valence-electron chi connectivity index (χ3n) is 1.96. The highest BCUT2D eigenvalue weighted by molar-refractivity contribution is 7.85. The molecule has 5 heteroatoms. The summed E-state index contributed by atoms with van der Waals surface area (Å²) in [5.41, 5.74) is -1.84. The summed E-state index contributed by atoms with van der Waals surface area (Å²) in [4.78, 5) is 11.1. The molecule has 0 radical (unpaired) electrons. The Balaban J connectivity index is 2.42. The number of carbonyl (C=O) groups is 1. The van der Waals surface area contributed by atoms with Crippen LogP contribution in [-0.4, -0.2) is 33.3 Å². The van der Waals surface area contributed by atoms with Crippen molar-refractivity contribution in [3.8, 4) is 0 Å². The Morgan fingerprint density at radius 1 is 1.62 bits per heavy atom. The van der Waals surface area contributed by atoms with Crippen LogP contribution in [-0.2, 0) is 15.6 Å².